The van der Waals surface area contributed by atoms with Crippen molar-refractivity contribution in [1.29, 1.82) is 0 Å². The largest absolute Gasteiger partial charge is 0.507 e. The Balaban J connectivity index is 1.35. The molecule has 1 atom stereocenters. The molecule has 0 aliphatic carbocycles. The van der Waals surface area contributed by atoms with Gasteiger partial charge in [-0.1, -0.05) is 17.7 Å². The van der Waals surface area contributed by atoms with Crippen LogP contribution in [0, 0.1) is 5.82 Å². The van der Waals surface area contributed by atoms with E-state index >= 15 is 0 Å². The summed E-state index contributed by atoms with van der Waals surface area (Å²) in [6.45, 7) is 2.84. The number of aryl methyl sites for hydroxylation is 1. The van der Waals surface area contributed by atoms with Crippen LogP contribution in [0.1, 0.15) is 19.3 Å². The molecule has 1 unspecified atom stereocenters. The van der Waals surface area contributed by atoms with Crippen LogP contribution in [-0.4, -0.2) is 44.4 Å². The molecule has 190 valence electrons. The molecule has 2 aliphatic heterocycles. The number of imidazole rings is 1. The molecule has 0 saturated carbocycles. The topological polar surface area (TPSA) is 75.3 Å². The maximum atomic E-state index is 14.9. The number of rotatable bonds is 4. The third-order valence-corrected chi connectivity index (χ3v) is 7.91. The highest BCUT2D eigenvalue weighted by atomic mass is 35.5. The molecule has 2 aromatic carbocycles. The highest BCUT2D eigenvalue weighted by Crippen LogP contribution is 2.41. The second kappa shape index (κ2) is 9.04. The van der Waals surface area contributed by atoms with Gasteiger partial charge < -0.3 is 19.9 Å². The Bertz CT molecular complexity index is 1560. The van der Waals surface area contributed by atoms with E-state index in [0.717, 1.165) is 38.3 Å². The van der Waals surface area contributed by atoms with Crippen LogP contribution in [0.25, 0.3) is 27.9 Å². The number of aromatic nitrogens is 3. The lowest BCUT2D eigenvalue weighted by molar-refractivity contribution is 0.418. The average molecular weight is 520 g/mol. The maximum Gasteiger partial charge on any atom is 0.332 e. The van der Waals surface area contributed by atoms with E-state index in [1.165, 1.54) is 27.7 Å². The van der Waals surface area contributed by atoms with E-state index in [0.29, 0.717) is 33.0 Å². The minimum Gasteiger partial charge on any atom is -0.507 e. The second-order valence-corrected chi connectivity index (χ2v) is 10.4. The molecule has 4 aromatic rings. The van der Waals surface area contributed by atoms with Crippen LogP contribution >= 0.6 is 11.6 Å². The third kappa shape index (κ3) is 4.20. The molecule has 0 bridgehead atoms. The van der Waals surface area contributed by atoms with Gasteiger partial charge in [-0.2, -0.15) is 0 Å². The standard InChI is InChI=1S/C28H27ClFN5O2/c1-33-11-12-35(27(33)37)24-4-3-18(13-23(24)29)21-15-20(30)16-22(26(21)36)19-5-9-31-25(14-19)34-10-7-28(17-34)6-2-8-32-28/h3-5,9,11-16,32,36H,2,6-8,10,17H2,1H3. The van der Waals surface area contributed by atoms with Crippen LogP contribution in [0.2, 0.25) is 5.02 Å². The molecule has 9 heteroatoms. The fourth-order valence-corrected chi connectivity index (χ4v) is 5.87. The number of anilines is 1. The summed E-state index contributed by atoms with van der Waals surface area (Å²) < 4.78 is 17.7. The maximum absolute atomic E-state index is 14.9. The molecular weight excluding hydrogens is 493 g/mol. The molecule has 4 heterocycles. The Labute approximate surface area is 218 Å². The Kier molecular flexibility index (Phi) is 5.81. The fraction of sp³-hybridized carbons (Fsp3) is 0.286. The van der Waals surface area contributed by atoms with Crippen molar-refractivity contribution in [3.05, 3.63) is 82.4 Å². The van der Waals surface area contributed by atoms with E-state index in [4.69, 9.17) is 11.6 Å². The molecule has 2 saturated heterocycles. The summed E-state index contributed by atoms with van der Waals surface area (Å²) in [7, 11) is 1.66. The van der Waals surface area contributed by atoms with Gasteiger partial charge in [0.1, 0.15) is 17.4 Å². The summed E-state index contributed by atoms with van der Waals surface area (Å²) in [5, 5.41) is 15.2. The van der Waals surface area contributed by atoms with E-state index in [1.54, 1.807) is 49.9 Å². The Morgan fingerprint density at radius 1 is 1.08 bits per heavy atom. The average Bonchev–Trinajstić information content (AvgIpc) is 3.63. The first-order valence-corrected chi connectivity index (χ1v) is 12.7. The van der Waals surface area contributed by atoms with E-state index in [9.17, 15) is 14.3 Å². The number of aromatic hydroxyl groups is 1. The summed E-state index contributed by atoms with van der Waals surface area (Å²) in [4.78, 5) is 19.2. The van der Waals surface area contributed by atoms with Crippen molar-refractivity contribution in [2.24, 2.45) is 7.05 Å². The fourth-order valence-electron chi connectivity index (χ4n) is 5.60. The van der Waals surface area contributed by atoms with E-state index in [-0.39, 0.29) is 17.0 Å². The summed E-state index contributed by atoms with van der Waals surface area (Å²) in [6, 6.07) is 11.3. The highest BCUT2D eigenvalue weighted by molar-refractivity contribution is 6.32. The van der Waals surface area contributed by atoms with Gasteiger partial charge in [-0.05, 0) is 73.3 Å². The van der Waals surface area contributed by atoms with Crippen molar-refractivity contribution in [3.63, 3.8) is 0 Å². The first kappa shape index (κ1) is 23.8. The molecule has 0 radical (unpaired) electrons. The van der Waals surface area contributed by atoms with Gasteiger partial charge in [-0.25, -0.2) is 14.2 Å². The number of phenolic OH excluding ortho intramolecular Hbond substituents is 1. The van der Waals surface area contributed by atoms with Gasteiger partial charge in [-0.15, -0.1) is 0 Å². The number of pyridine rings is 1. The van der Waals surface area contributed by atoms with Crippen molar-refractivity contribution in [3.8, 4) is 33.7 Å². The first-order valence-electron chi connectivity index (χ1n) is 12.4. The lowest BCUT2D eigenvalue weighted by Gasteiger charge is -2.25. The van der Waals surface area contributed by atoms with Gasteiger partial charge in [0.2, 0.25) is 0 Å². The summed E-state index contributed by atoms with van der Waals surface area (Å²) in [5.41, 5.74) is 2.35. The minimum atomic E-state index is -0.476. The number of nitrogens with one attached hydrogen (secondary N) is 1. The van der Waals surface area contributed by atoms with Gasteiger partial charge in [0.25, 0.3) is 0 Å². The highest BCUT2D eigenvalue weighted by Gasteiger charge is 2.40. The van der Waals surface area contributed by atoms with Crippen LogP contribution in [-0.2, 0) is 7.05 Å². The Morgan fingerprint density at radius 3 is 2.54 bits per heavy atom. The molecular formula is C28H27ClFN5O2. The molecule has 0 amide bonds. The van der Waals surface area contributed by atoms with Gasteiger partial charge in [0.05, 0.1) is 10.7 Å². The molecule has 37 heavy (non-hydrogen) atoms. The van der Waals surface area contributed by atoms with Crippen molar-refractivity contribution in [2.45, 2.75) is 24.8 Å². The zero-order valence-corrected chi connectivity index (χ0v) is 21.2. The van der Waals surface area contributed by atoms with Gasteiger partial charge in [0, 0.05) is 55.4 Å². The number of halogens is 2. The van der Waals surface area contributed by atoms with E-state index < -0.39 is 5.82 Å². The summed E-state index contributed by atoms with van der Waals surface area (Å²) in [6.07, 6.45) is 8.40. The zero-order valence-electron chi connectivity index (χ0n) is 20.4. The summed E-state index contributed by atoms with van der Waals surface area (Å²) in [5.74, 6) is 0.291. The molecule has 1 spiro atoms. The predicted octanol–water partition coefficient (Wildman–Crippen LogP) is 4.74. The molecule has 2 N–H and O–H groups in total. The number of hydrogen-bond donors (Lipinski definition) is 2. The van der Waals surface area contributed by atoms with Crippen LogP contribution in [0.4, 0.5) is 10.2 Å². The quantitative estimate of drug-likeness (QED) is 0.407. The van der Waals surface area contributed by atoms with Crippen molar-refractivity contribution < 1.29 is 9.50 Å². The minimum absolute atomic E-state index is 0.0467. The van der Waals surface area contributed by atoms with E-state index in [1.807, 2.05) is 6.07 Å². The third-order valence-electron chi connectivity index (χ3n) is 7.61. The second-order valence-electron chi connectivity index (χ2n) is 9.96. The lowest BCUT2D eigenvalue weighted by atomic mass is 9.97. The number of nitrogens with zero attached hydrogens (tertiary/aromatic N) is 4. The predicted molar refractivity (Wildman–Crippen MR) is 143 cm³/mol. The van der Waals surface area contributed by atoms with Crippen molar-refractivity contribution >= 4 is 17.4 Å². The SMILES string of the molecule is Cn1ccn(-c2ccc(-c3cc(F)cc(-c4ccnc(N5CCC6(CCCN6)C5)c4)c3O)cc2Cl)c1=O. The van der Waals surface area contributed by atoms with Crippen molar-refractivity contribution in [2.75, 3.05) is 24.5 Å². The number of benzene rings is 2. The number of hydrogen-bond acceptors (Lipinski definition) is 5. The Hall–Kier alpha value is -3.62. The number of phenols is 1. The monoisotopic (exact) mass is 519 g/mol. The Morgan fingerprint density at radius 2 is 1.86 bits per heavy atom. The molecule has 2 aliphatic rings. The zero-order chi connectivity index (χ0) is 25.7. The van der Waals surface area contributed by atoms with Crippen LogP contribution in [0.3, 0.4) is 0 Å². The molecule has 2 fully saturated rings. The molecule has 6 rings (SSSR count). The smallest absolute Gasteiger partial charge is 0.332 e. The van der Waals surface area contributed by atoms with Crippen LogP contribution in [0.5, 0.6) is 5.75 Å². The van der Waals surface area contributed by atoms with Gasteiger partial charge in [0.15, 0.2) is 0 Å². The van der Waals surface area contributed by atoms with Crippen molar-refractivity contribution in [1.82, 2.24) is 19.4 Å². The lowest BCUT2D eigenvalue weighted by Crippen LogP contribution is -2.42. The van der Waals surface area contributed by atoms with Crippen LogP contribution in [0.15, 0.2) is 65.8 Å². The van der Waals surface area contributed by atoms with Gasteiger partial charge >= 0.3 is 5.69 Å². The van der Waals surface area contributed by atoms with Crippen LogP contribution < -0.4 is 15.9 Å². The first-order chi connectivity index (χ1) is 17.8. The molecule has 2 aromatic heterocycles. The van der Waals surface area contributed by atoms with E-state index in [2.05, 4.69) is 15.2 Å². The van der Waals surface area contributed by atoms with Gasteiger partial charge in [-0.3, -0.25) is 4.57 Å². The summed E-state index contributed by atoms with van der Waals surface area (Å²) >= 11 is 6.53. The normalized spacial score (nSPS) is 19.3. The molecule has 7 nitrogen and oxygen atoms in total.